The van der Waals surface area contributed by atoms with Crippen molar-refractivity contribution in [3.63, 3.8) is 0 Å². The molecule has 0 aliphatic carbocycles. The van der Waals surface area contributed by atoms with Crippen LogP contribution in [0.25, 0.3) is 0 Å². The average Bonchev–Trinajstić information content (AvgIpc) is 2.32. The third-order valence-electron chi connectivity index (χ3n) is 2.55. The minimum Gasteiger partial charge on any atom is -0.481 e. The summed E-state index contributed by atoms with van der Waals surface area (Å²) >= 11 is 5.92. The standard InChI is InChI=1S/C13H18ClNO3/c1-18-8-7-15(6-5-13(16)17)10-11-3-2-4-12(14)9-11/h2-4,9H,5-8,10H2,1H3,(H,16,17). The van der Waals surface area contributed by atoms with Gasteiger partial charge in [-0.25, -0.2) is 0 Å². The lowest BCUT2D eigenvalue weighted by atomic mass is 10.2. The number of aliphatic carboxylic acids is 1. The topological polar surface area (TPSA) is 49.8 Å². The van der Waals surface area contributed by atoms with Crippen LogP contribution in [0.5, 0.6) is 0 Å². The molecule has 0 unspecified atom stereocenters. The highest BCUT2D eigenvalue weighted by Gasteiger charge is 2.08. The van der Waals surface area contributed by atoms with Gasteiger partial charge in [-0.1, -0.05) is 23.7 Å². The third-order valence-corrected chi connectivity index (χ3v) is 2.78. The fourth-order valence-corrected chi connectivity index (χ4v) is 1.85. The molecule has 0 saturated carbocycles. The second-order valence-electron chi connectivity index (χ2n) is 4.04. The van der Waals surface area contributed by atoms with Crippen molar-refractivity contribution in [3.8, 4) is 0 Å². The van der Waals surface area contributed by atoms with Crippen LogP contribution < -0.4 is 0 Å². The maximum absolute atomic E-state index is 10.6. The molecule has 0 aliphatic heterocycles. The summed E-state index contributed by atoms with van der Waals surface area (Å²) in [5.41, 5.74) is 1.07. The van der Waals surface area contributed by atoms with Crippen LogP contribution in [0.3, 0.4) is 0 Å². The van der Waals surface area contributed by atoms with Crippen molar-refractivity contribution >= 4 is 17.6 Å². The molecule has 0 heterocycles. The summed E-state index contributed by atoms with van der Waals surface area (Å²) in [6.07, 6.45) is 0.129. The first-order valence-electron chi connectivity index (χ1n) is 5.79. The van der Waals surface area contributed by atoms with Gasteiger partial charge in [-0.05, 0) is 17.7 Å². The molecule has 0 bridgehead atoms. The number of carboxylic acid groups (broad SMARTS) is 1. The smallest absolute Gasteiger partial charge is 0.304 e. The monoisotopic (exact) mass is 271 g/mol. The molecule has 0 aliphatic rings. The number of nitrogens with zero attached hydrogens (tertiary/aromatic N) is 1. The summed E-state index contributed by atoms with van der Waals surface area (Å²) in [4.78, 5) is 12.6. The van der Waals surface area contributed by atoms with E-state index in [4.69, 9.17) is 21.4 Å². The highest BCUT2D eigenvalue weighted by Crippen LogP contribution is 2.12. The van der Waals surface area contributed by atoms with Crippen LogP contribution >= 0.6 is 11.6 Å². The molecule has 0 fully saturated rings. The van der Waals surface area contributed by atoms with Gasteiger partial charge < -0.3 is 9.84 Å². The highest BCUT2D eigenvalue weighted by molar-refractivity contribution is 6.30. The molecular weight excluding hydrogens is 254 g/mol. The highest BCUT2D eigenvalue weighted by atomic mass is 35.5. The van der Waals surface area contributed by atoms with E-state index in [1.165, 1.54) is 0 Å². The summed E-state index contributed by atoms with van der Waals surface area (Å²) < 4.78 is 5.03. The molecule has 0 spiro atoms. The molecule has 100 valence electrons. The number of halogens is 1. The van der Waals surface area contributed by atoms with E-state index in [2.05, 4.69) is 0 Å². The molecule has 1 aromatic carbocycles. The van der Waals surface area contributed by atoms with Crippen LogP contribution in [0.15, 0.2) is 24.3 Å². The fraction of sp³-hybridized carbons (Fsp3) is 0.462. The lowest BCUT2D eigenvalue weighted by Gasteiger charge is -2.21. The van der Waals surface area contributed by atoms with Gasteiger partial charge in [0.1, 0.15) is 0 Å². The van der Waals surface area contributed by atoms with Gasteiger partial charge >= 0.3 is 5.97 Å². The number of carbonyl (C=O) groups is 1. The Labute approximate surface area is 112 Å². The Kier molecular flexibility index (Phi) is 6.72. The minimum absolute atomic E-state index is 0.129. The number of ether oxygens (including phenoxy) is 1. The fourth-order valence-electron chi connectivity index (χ4n) is 1.64. The Morgan fingerprint density at radius 3 is 2.83 bits per heavy atom. The minimum atomic E-state index is -0.788. The molecule has 0 aromatic heterocycles. The number of hydrogen-bond acceptors (Lipinski definition) is 3. The predicted molar refractivity (Wildman–Crippen MR) is 70.9 cm³/mol. The van der Waals surface area contributed by atoms with E-state index in [0.29, 0.717) is 31.3 Å². The van der Waals surface area contributed by atoms with Crippen molar-refractivity contribution in [2.75, 3.05) is 26.8 Å². The molecule has 1 N–H and O–H groups in total. The number of rotatable bonds is 8. The first-order chi connectivity index (χ1) is 8.61. The Bertz CT molecular complexity index is 384. The van der Waals surface area contributed by atoms with Crippen molar-refractivity contribution < 1.29 is 14.6 Å². The number of methoxy groups -OCH3 is 1. The first-order valence-corrected chi connectivity index (χ1v) is 6.17. The average molecular weight is 272 g/mol. The first kappa shape index (κ1) is 15.0. The van der Waals surface area contributed by atoms with Crippen molar-refractivity contribution in [3.05, 3.63) is 34.9 Å². The summed E-state index contributed by atoms with van der Waals surface area (Å²) in [7, 11) is 1.63. The van der Waals surface area contributed by atoms with E-state index >= 15 is 0 Å². The van der Waals surface area contributed by atoms with Crippen molar-refractivity contribution in [2.45, 2.75) is 13.0 Å². The van der Waals surface area contributed by atoms with Gasteiger partial charge in [0.05, 0.1) is 13.0 Å². The maximum atomic E-state index is 10.6. The van der Waals surface area contributed by atoms with Gasteiger partial charge in [0.2, 0.25) is 0 Å². The van der Waals surface area contributed by atoms with Crippen molar-refractivity contribution in [2.24, 2.45) is 0 Å². The van der Waals surface area contributed by atoms with E-state index in [9.17, 15) is 4.79 Å². The van der Waals surface area contributed by atoms with Crippen molar-refractivity contribution in [1.82, 2.24) is 4.90 Å². The molecule has 0 amide bonds. The van der Waals surface area contributed by atoms with Crippen LogP contribution in [0.4, 0.5) is 0 Å². The van der Waals surface area contributed by atoms with Crippen LogP contribution in [0.1, 0.15) is 12.0 Å². The van der Waals surface area contributed by atoms with Gasteiger partial charge in [0.25, 0.3) is 0 Å². The van der Waals surface area contributed by atoms with Gasteiger partial charge in [-0.15, -0.1) is 0 Å². The summed E-state index contributed by atoms with van der Waals surface area (Å²) in [6.45, 7) is 2.47. The van der Waals surface area contributed by atoms with E-state index in [1.54, 1.807) is 7.11 Å². The van der Waals surface area contributed by atoms with E-state index in [0.717, 1.165) is 5.56 Å². The summed E-state index contributed by atoms with van der Waals surface area (Å²) in [5, 5.41) is 9.41. The van der Waals surface area contributed by atoms with E-state index in [1.807, 2.05) is 29.2 Å². The second-order valence-corrected chi connectivity index (χ2v) is 4.48. The van der Waals surface area contributed by atoms with Crippen molar-refractivity contribution in [1.29, 1.82) is 0 Å². The summed E-state index contributed by atoms with van der Waals surface area (Å²) in [5.74, 6) is -0.788. The van der Waals surface area contributed by atoms with Crippen LogP contribution in [0, 0.1) is 0 Å². The van der Waals surface area contributed by atoms with Gasteiger partial charge in [0.15, 0.2) is 0 Å². The predicted octanol–water partition coefficient (Wildman–Crippen LogP) is 2.26. The lowest BCUT2D eigenvalue weighted by Crippen LogP contribution is -2.29. The summed E-state index contributed by atoms with van der Waals surface area (Å²) in [6, 6.07) is 7.58. The molecule has 0 saturated heterocycles. The number of hydrogen-bond donors (Lipinski definition) is 1. The molecule has 5 heteroatoms. The third kappa shape index (κ3) is 6.00. The van der Waals surface area contributed by atoms with E-state index in [-0.39, 0.29) is 6.42 Å². The zero-order chi connectivity index (χ0) is 13.4. The quantitative estimate of drug-likeness (QED) is 0.788. The van der Waals surface area contributed by atoms with Crippen LogP contribution in [-0.2, 0) is 16.1 Å². The largest absolute Gasteiger partial charge is 0.481 e. The van der Waals surface area contributed by atoms with E-state index < -0.39 is 5.97 Å². The molecule has 0 atom stereocenters. The molecule has 1 rings (SSSR count). The number of carboxylic acids is 1. The molecule has 18 heavy (non-hydrogen) atoms. The molecule has 0 radical (unpaired) electrons. The molecule has 4 nitrogen and oxygen atoms in total. The zero-order valence-corrected chi connectivity index (χ0v) is 11.2. The van der Waals surface area contributed by atoms with Gasteiger partial charge in [-0.2, -0.15) is 0 Å². The Hall–Kier alpha value is -1.10. The van der Waals surface area contributed by atoms with Gasteiger partial charge in [-0.3, -0.25) is 9.69 Å². The SMILES string of the molecule is COCCN(CCC(=O)O)Cc1cccc(Cl)c1. The van der Waals surface area contributed by atoms with Gasteiger partial charge in [0, 0.05) is 31.8 Å². The zero-order valence-electron chi connectivity index (χ0n) is 10.4. The normalized spacial score (nSPS) is 10.8. The molecule has 1 aromatic rings. The number of benzene rings is 1. The lowest BCUT2D eigenvalue weighted by molar-refractivity contribution is -0.137. The maximum Gasteiger partial charge on any atom is 0.304 e. The van der Waals surface area contributed by atoms with Crippen LogP contribution in [-0.4, -0.2) is 42.8 Å². The molecular formula is C13H18ClNO3. The Morgan fingerprint density at radius 1 is 1.44 bits per heavy atom. The Balaban J connectivity index is 2.56. The van der Waals surface area contributed by atoms with Crippen LogP contribution in [0.2, 0.25) is 5.02 Å². The second kappa shape index (κ2) is 8.08. The Morgan fingerprint density at radius 2 is 2.22 bits per heavy atom.